The highest BCUT2D eigenvalue weighted by atomic mass is 16.5. The fourth-order valence-corrected chi connectivity index (χ4v) is 5.30. The molecule has 0 aliphatic carbocycles. The fraction of sp³-hybridized carbons (Fsp3) is 0.303. The normalized spacial score (nSPS) is 14.6. The van der Waals surface area contributed by atoms with Crippen LogP contribution in [0.15, 0.2) is 78.9 Å². The summed E-state index contributed by atoms with van der Waals surface area (Å²) in [6.07, 6.45) is 3.67. The molecule has 1 unspecified atom stereocenters. The summed E-state index contributed by atoms with van der Waals surface area (Å²) in [7, 11) is 0. The van der Waals surface area contributed by atoms with E-state index in [9.17, 15) is 15.5 Å². The summed E-state index contributed by atoms with van der Waals surface area (Å²) < 4.78 is 12.5. The Morgan fingerprint density at radius 2 is 1.56 bits per heavy atom. The molecule has 1 aliphatic heterocycles. The molecule has 0 bridgehead atoms. The van der Waals surface area contributed by atoms with Gasteiger partial charge < -0.3 is 19.7 Å². The molecule has 6 nitrogen and oxygen atoms in total. The predicted octanol–water partition coefficient (Wildman–Crippen LogP) is 6.80. The highest BCUT2D eigenvalue weighted by molar-refractivity contribution is 5.93. The summed E-state index contributed by atoms with van der Waals surface area (Å²) in [5.74, 6) is 1.20. The first-order valence-corrected chi connectivity index (χ1v) is 13.6. The van der Waals surface area contributed by atoms with Gasteiger partial charge in [0.25, 0.3) is 0 Å². The van der Waals surface area contributed by atoms with E-state index in [-0.39, 0.29) is 24.5 Å². The summed E-state index contributed by atoms with van der Waals surface area (Å²) in [4.78, 5) is 2.46. The summed E-state index contributed by atoms with van der Waals surface area (Å²) in [5, 5.41) is 31.0. The van der Waals surface area contributed by atoms with Crippen molar-refractivity contribution in [1.29, 1.82) is 5.26 Å². The lowest BCUT2D eigenvalue weighted by molar-refractivity contribution is 0.0859. The van der Waals surface area contributed by atoms with Crippen molar-refractivity contribution < 1.29 is 19.7 Å². The average Bonchev–Trinajstić information content (AvgIpc) is 2.96. The summed E-state index contributed by atoms with van der Waals surface area (Å²) in [6, 6.07) is 26.6. The first-order chi connectivity index (χ1) is 19.1. The number of hydrogen-bond donors (Lipinski definition) is 2. The molecule has 0 amide bonds. The predicted molar refractivity (Wildman–Crippen MR) is 153 cm³/mol. The summed E-state index contributed by atoms with van der Waals surface area (Å²) in [5.41, 5.74) is 3.77. The Morgan fingerprint density at radius 1 is 0.821 bits per heavy atom. The van der Waals surface area contributed by atoms with Crippen LogP contribution in [0.25, 0.3) is 21.9 Å². The zero-order valence-electron chi connectivity index (χ0n) is 22.1. The lowest BCUT2D eigenvalue weighted by Crippen LogP contribution is -2.33. The number of nitriles is 1. The van der Waals surface area contributed by atoms with E-state index in [4.69, 9.17) is 9.47 Å². The third-order valence-corrected chi connectivity index (χ3v) is 7.29. The molecule has 200 valence electrons. The topological polar surface area (TPSA) is 86.0 Å². The number of ether oxygens (including phenoxy) is 2. The molecule has 1 atom stereocenters. The van der Waals surface area contributed by atoms with Crippen LogP contribution in [0.1, 0.15) is 42.9 Å². The molecule has 1 saturated heterocycles. The largest absolute Gasteiger partial charge is 0.508 e. The van der Waals surface area contributed by atoms with Crippen molar-refractivity contribution in [3.63, 3.8) is 0 Å². The molecule has 0 saturated carbocycles. The lowest BCUT2D eigenvalue weighted by Gasteiger charge is -2.26. The first kappa shape index (κ1) is 26.6. The van der Waals surface area contributed by atoms with Crippen LogP contribution in [0.4, 0.5) is 0 Å². The first-order valence-electron chi connectivity index (χ1n) is 13.6. The SMILES string of the molecule is N#CCCOC(c1ccc(OCCN2CCCCC2)cc1)c1c(-c2ccc(O)cc2)ccc2cc(O)ccc12. The van der Waals surface area contributed by atoms with Gasteiger partial charge in [-0.05, 0) is 89.8 Å². The second-order valence-corrected chi connectivity index (χ2v) is 9.96. The van der Waals surface area contributed by atoms with Crippen molar-refractivity contribution in [2.45, 2.75) is 31.8 Å². The van der Waals surface area contributed by atoms with Gasteiger partial charge in [-0.1, -0.05) is 48.9 Å². The molecular formula is C33H34N2O4. The highest BCUT2D eigenvalue weighted by Gasteiger charge is 2.23. The molecule has 5 rings (SSSR count). The van der Waals surface area contributed by atoms with Crippen LogP contribution in [0.5, 0.6) is 17.2 Å². The summed E-state index contributed by atoms with van der Waals surface area (Å²) in [6.45, 7) is 4.16. The highest BCUT2D eigenvalue weighted by Crippen LogP contribution is 2.41. The van der Waals surface area contributed by atoms with E-state index in [2.05, 4.69) is 11.0 Å². The Hall–Kier alpha value is -4.05. The molecule has 1 fully saturated rings. The van der Waals surface area contributed by atoms with E-state index >= 15 is 0 Å². The minimum absolute atomic E-state index is 0.193. The van der Waals surface area contributed by atoms with Crippen molar-refractivity contribution >= 4 is 10.8 Å². The Balaban J connectivity index is 1.49. The number of rotatable bonds is 10. The van der Waals surface area contributed by atoms with Crippen molar-refractivity contribution in [1.82, 2.24) is 4.90 Å². The number of phenolic OH excluding ortho intramolecular Hbond substituents is 2. The van der Waals surface area contributed by atoms with Gasteiger partial charge in [-0.3, -0.25) is 4.90 Å². The van der Waals surface area contributed by atoms with Gasteiger partial charge in [0, 0.05) is 12.1 Å². The van der Waals surface area contributed by atoms with Gasteiger partial charge in [0.1, 0.15) is 30.0 Å². The van der Waals surface area contributed by atoms with E-state index < -0.39 is 6.10 Å². The van der Waals surface area contributed by atoms with Crippen LogP contribution in [0.3, 0.4) is 0 Å². The second-order valence-electron chi connectivity index (χ2n) is 9.96. The van der Waals surface area contributed by atoms with Gasteiger partial charge in [0.15, 0.2) is 0 Å². The van der Waals surface area contributed by atoms with Crippen LogP contribution in [0.2, 0.25) is 0 Å². The van der Waals surface area contributed by atoms with Gasteiger partial charge >= 0.3 is 0 Å². The molecule has 0 radical (unpaired) electrons. The van der Waals surface area contributed by atoms with E-state index in [1.165, 1.54) is 19.3 Å². The smallest absolute Gasteiger partial charge is 0.119 e. The molecule has 1 heterocycles. The maximum absolute atomic E-state index is 10.1. The number of benzene rings is 4. The molecule has 4 aromatic rings. The standard InChI is InChI=1S/C33H34N2O4/c34-17-4-21-39-33(25-7-13-29(14-8-25)38-22-20-35-18-2-1-3-19-35)32-30(24-5-10-27(36)11-6-24)15-9-26-23-28(37)12-16-31(26)32/h5-16,23,33,36-37H,1-4,18-22H2. The maximum Gasteiger partial charge on any atom is 0.119 e. The molecule has 1 aliphatic rings. The maximum atomic E-state index is 10.1. The zero-order chi connectivity index (χ0) is 27.0. The van der Waals surface area contributed by atoms with Gasteiger partial charge in [-0.25, -0.2) is 0 Å². The minimum Gasteiger partial charge on any atom is -0.508 e. The number of piperidine rings is 1. The van der Waals surface area contributed by atoms with Crippen LogP contribution in [0, 0.1) is 11.3 Å². The van der Waals surface area contributed by atoms with E-state index in [0.29, 0.717) is 6.61 Å². The van der Waals surface area contributed by atoms with Gasteiger partial charge in [0.05, 0.1) is 19.1 Å². The molecule has 0 aromatic heterocycles. The zero-order valence-corrected chi connectivity index (χ0v) is 22.1. The van der Waals surface area contributed by atoms with Gasteiger partial charge in [-0.15, -0.1) is 0 Å². The van der Waals surface area contributed by atoms with Gasteiger partial charge in [0.2, 0.25) is 0 Å². The van der Waals surface area contributed by atoms with Gasteiger partial charge in [-0.2, -0.15) is 5.26 Å². The third kappa shape index (κ3) is 6.51. The van der Waals surface area contributed by atoms with Crippen LogP contribution in [-0.2, 0) is 4.74 Å². The van der Waals surface area contributed by atoms with E-state index in [1.54, 1.807) is 24.3 Å². The lowest BCUT2D eigenvalue weighted by atomic mass is 9.88. The van der Waals surface area contributed by atoms with Crippen molar-refractivity contribution in [2.75, 3.05) is 32.8 Å². The quantitative estimate of drug-likeness (QED) is 0.223. The van der Waals surface area contributed by atoms with E-state index in [0.717, 1.165) is 58.4 Å². The van der Waals surface area contributed by atoms with Crippen LogP contribution < -0.4 is 4.74 Å². The molecule has 6 heteroatoms. The number of nitrogens with zero attached hydrogens (tertiary/aromatic N) is 2. The average molecular weight is 523 g/mol. The third-order valence-electron chi connectivity index (χ3n) is 7.29. The number of phenols is 2. The number of hydrogen-bond acceptors (Lipinski definition) is 6. The Morgan fingerprint density at radius 3 is 2.31 bits per heavy atom. The molecule has 4 aromatic carbocycles. The fourth-order valence-electron chi connectivity index (χ4n) is 5.30. The molecular weight excluding hydrogens is 488 g/mol. The summed E-state index contributed by atoms with van der Waals surface area (Å²) >= 11 is 0. The molecule has 39 heavy (non-hydrogen) atoms. The number of likely N-dealkylation sites (tertiary alicyclic amines) is 1. The van der Waals surface area contributed by atoms with Crippen molar-refractivity contribution in [2.24, 2.45) is 0 Å². The monoisotopic (exact) mass is 522 g/mol. The number of aromatic hydroxyl groups is 2. The minimum atomic E-state index is -0.460. The van der Waals surface area contributed by atoms with Crippen molar-refractivity contribution in [3.8, 4) is 34.4 Å². The molecule has 0 spiro atoms. The Labute approximate surface area is 229 Å². The second kappa shape index (κ2) is 12.7. The van der Waals surface area contributed by atoms with E-state index in [1.807, 2.05) is 54.6 Å². The van der Waals surface area contributed by atoms with Crippen LogP contribution in [-0.4, -0.2) is 48.0 Å². The van der Waals surface area contributed by atoms with Crippen molar-refractivity contribution in [3.05, 3.63) is 90.0 Å². The van der Waals surface area contributed by atoms with Crippen LogP contribution >= 0.6 is 0 Å². The number of fused-ring (bicyclic) bond motifs is 1. The molecule has 2 N–H and O–H groups in total. The Kier molecular flexibility index (Phi) is 8.62. The Bertz CT molecular complexity index is 1420.